The number of nitrogens with zero attached hydrogens (tertiary/aromatic N) is 3. The molecule has 3 rings (SSSR count). The zero-order valence-electron chi connectivity index (χ0n) is 11.6. The number of ether oxygens (including phenoxy) is 1. The molecule has 0 amide bonds. The number of hydrogen-bond donors (Lipinski definition) is 0. The van der Waals surface area contributed by atoms with Crippen molar-refractivity contribution < 1.29 is 4.74 Å². The highest BCUT2D eigenvalue weighted by Gasteiger charge is 2.13. The maximum atomic E-state index is 12.4. The summed E-state index contributed by atoms with van der Waals surface area (Å²) in [4.78, 5) is 22.3. The van der Waals surface area contributed by atoms with Crippen LogP contribution in [0.2, 0.25) is 0 Å². The number of fused-ring (bicyclic) bond motifs is 3. The van der Waals surface area contributed by atoms with Crippen molar-refractivity contribution in [2.75, 3.05) is 13.7 Å². The van der Waals surface area contributed by atoms with Gasteiger partial charge in [0.05, 0.1) is 25.0 Å². The first-order valence-corrected chi connectivity index (χ1v) is 7.18. The first-order chi connectivity index (χ1) is 9.61. The van der Waals surface area contributed by atoms with Gasteiger partial charge in [0.1, 0.15) is 9.53 Å². The van der Waals surface area contributed by atoms with Crippen LogP contribution in [0.5, 0.6) is 0 Å². The summed E-state index contributed by atoms with van der Waals surface area (Å²) >= 11 is 1.41. The lowest BCUT2D eigenvalue weighted by molar-refractivity contribution is 0.186. The summed E-state index contributed by atoms with van der Waals surface area (Å²) in [5, 5.41) is 0.962. The van der Waals surface area contributed by atoms with Gasteiger partial charge in [-0.1, -0.05) is 0 Å². The highest BCUT2D eigenvalue weighted by atomic mass is 32.1. The standard InChI is InChI=1S/C14H15N3O2S/c1-8-6-10-11-12(20-13(10)16-9(8)2)14(18)17(7-15-11)4-5-19-3/h6-7H,4-5H2,1-3H3. The van der Waals surface area contributed by atoms with Crippen LogP contribution < -0.4 is 5.56 Å². The van der Waals surface area contributed by atoms with Gasteiger partial charge in [0, 0.05) is 18.2 Å². The second-order valence-electron chi connectivity index (χ2n) is 4.76. The van der Waals surface area contributed by atoms with Crippen molar-refractivity contribution in [1.82, 2.24) is 14.5 Å². The molecule has 0 radical (unpaired) electrons. The second-order valence-corrected chi connectivity index (χ2v) is 5.76. The summed E-state index contributed by atoms with van der Waals surface area (Å²) in [5.74, 6) is 0. The Morgan fingerprint density at radius 2 is 2.20 bits per heavy atom. The molecule has 3 aromatic rings. The fourth-order valence-corrected chi connectivity index (χ4v) is 3.24. The SMILES string of the molecule is COCCn1cnc2c(sc3nc(C)c(C)cc32)c1=O. The zero-order chi connectivity index (χ0) is 14.3. The predicted molar refractivity (Wildman–Crippen MR) is 80.5 cm³/mol. The number of aryl methyl sites for hydroxylation is 2. The number of aromatic nitrogens is 3. The smallest absolute Gasteiger partial charge is 0.271 e. The molecule has 0 aliphatic heterocycles. The Hall–Kier alpha value is -1.79. The third kappa shape index (κ3) is 2.01. The van der Waals surface area contributed by atoms with Crippen LogP contribution >= 0.6 is 11.3 Å². The molecule has 104 valence electrons. The van der Waals surface area contributed by atoms with Gasteiger partial charge in [-0.2, -0.15) is 0 Å². The van der Waals surface area contributed by atoms with E-state index in [-0.39, 0.29) is 5.56 Å². The van der Waals surface area contributed by atoms with Crippen LogP contribution in [0.4, 0.5) is 0 Å². The van der Waals surface area contributed by atoms with Crippen molar-refractivity contribution >= 4 is 31.8 Å². The Morgan fingerprint density at radius 3 is 2.95 bits per heavy atom. The van der Waals surface area contributed by atoms with Gasteiger partial charge in [0.15, 0.2) is 0 Å². The number of pyridine rings is 1. The number of hydrogen-bond acceptors (Lipinski definition) is 5. The lowest BCUT2D eigenvalue weighted by atomic mass is 10.2. The fourth-order valence-electron chi connectivity index (χ4n) is 2.13. The minimum absolute atomic E-state index is 0.0228. The monoisotopic (exact) mass is 289 g/mol. The Balaban J connectivity index is 2.28. The highest BCUT2D eigenvalue weighted by Crippen LogP contribution is 2.30. The lowest BCUT2D eigenvalue weighted by Gasteiger charge is -2.03. The van der Waals surface area contributed by atoms with Crippen molar-refractivity contribution in [3.05, 3.63) is 34.0 Å². The molecule has 3 heterocycles. The van der Waals surface area contributed by atoms with Gasteiger partial charge in [0.2, 0.25) is 0 Å². The van der Waals surface area contributed by atoms with Crippen LogP contribution in [-0.2, 0) is 11.3 Å². The van der Waals surface area contributed by atoms with E-state index in [9.17, 15) is 4.79 Å². The van der Waals surface area contributed by atoms with E-state index >= 15 is 0 Å². The van der Waals surface area contributed by atoms with E-state index in [1.165, 1.54) is 11.3 Å². The van der Waals surface area contributed by atoms with Gasteiger partial charge in [-0.25, -0.2) is 9.97 Å². The average Bonchev–Trinajstić information content (AvgIpc) is 2.77. The van der Waals surface area contributed by atoms with E-state index in [0.29, 0.717) is 17.9 Å². The fraction of sp³-hybridized carbons (Fsp3) is 0.357. The van der Waals surface area contributed by atoms with Crippen molar-refractivity contribution in [1.29, 1.82) is 0 Å². The molecule has 0 saturated heterocycles. The molecular formula is C14H15N3O2S. The van der Waals surface area contributed by atoms with E-state index in [1.54, 1.807) is 18.0 Å². The third-order valence-corrected chi connectivity index (χ3v) is 4.49. The van der Waals surface area contributed by atoms with Crippen molar-refractivity contribution in [2.24, 2.45) is 0 Å². The number of rotatable bonds is 3. The Bertz CT molecular complexity index is 851. The third-order valence-electron chi connectivity index (χ3n) is 3.42. The molecule has 0 unspecified atom stereocenters. The molecule has 0 spiro atoms. The minimum Gasteiger partial charge on any atom is -0.383 e. The summed E-state index contributed by atoms with van der Waals surface area (Å²) in [7, 11) is 1.62. The number of methoxy groups -OCH3 is 1. The molecular weight excluding hydrogens is 274 g/mol. The largest absolute Gasteiger partial charge is 0.383 e. The summed E-state index contributed by atoms with van der Waals surface area (Å²) < 4.78 is 7.25. The molecule has 6 heteroatoms. The maximum absolute atomic E-state index is 12.4. The molecule has 0 saturated carbocycles. The van der Waals surface area contributed by atoms with Crippen LogP contribution in [0.25, 0.3) is 20.4 Å². The van der Waals surface area contributed by atoms with E-state index in [4.69, 9.17) is 4.74 Å². The van der Waals surface area contributed by atoms with E-state index in [1.807, 2.05) is 13.8 Å². The van der Waals surface area contributed by atoms with Gasteiger partial charge < -0.3 is 4.74 Å². The van der Waals surface area contributed by atoms with Gasteiger partial charge in [-0.3, -0.25) is 9.36 Å². The van der Waals surface area contributed by atoms with Crippen LogP contribution in [0.15, 0.2) is 17.2 Å². The lowest BCUT2D eigenvalue weighted by Crippen LogP contribution is -2.21. The van der Waals surface area contributed by atoms with Crippen LogP contribution in [-0.4, -0.2) is 28.3 Å². The normalized spacial score (nSPS) is 11.6. The summed E-state index contributed by atoms with van der Waals surface area (Å²) in [6, 6.07) is 2.06. The molecule has 0 atom stereocenters. The highest BCUT2D eigenvalue weighted by molar-refractivity contribution is 7.25. The topological polar surface area (TPSA) is 57.0 Å². The minimum atomic E-state index is -0.0228. The van der Waals surface area contributed by atoms with Crippen LogP contribution in [0.1, 0.15) is 11.3 Å². The molecule has 0 aromatic carbocycles. The Morgan fingerprint density at radius 1 is 1.40 bits per heavy atom. The van der Waals surface area contributed by atoms with Crippen molar-refractivity contribution in [3.63, 3.8) is 0 Å². The van der Waals surface area contributed by atoms with Crippen LogP contribution in [0.3, 0.4) is 0 Å². The van der Waals surface area contributed by atoms with Gasteiger partial charge in [-0.05, 0) is 25.5 Å². The molecule has 20 heavy (non-hydrogen) atoms. The first-order valence-electron chi connectivity index (χ1n) is 6.36. The van der Waals surface area contributed by atoms with E-state index in [0.717, 1.165) is 27.0 Å². The summed E-state index contributed by atoms with van der Waals surface area (Å²) in [6.45, 7) is 5.00. The molecule has 5 nitrogen and oxygen atoms in total. The zero-order valence-corrected chi connectivity index (χ0v) is 12.5. The van der Waals surface area contributed by atoms with E-state index in [2.05, 4.69) is 16.0 Å². The van der Waals surface area contributed by atoms with E-state index < -0.39 is 0 Å². The quantitative estimate of drug-likeness (QED) is 0.742. The van der Waals surface area contributed by atoms with Crippen molar-refractivity contribution in [3.8, 4) is 0 Å². The molecule has 0 bridgehead atoms. The Labute approximate surface area is 119 Å². The molecule has 0 aliphatic carbocycles. The number of thiophene rings is 1. The maximum Gasteiger partial charge on any atom is 0.271 e. The predicted octanol–water partition coefficient (Wildman–Crippen LogP) is 2.27. The Kier molecular flexibility index (Phi) is 3.27. The first kappa shape index (κ1) is 13.2. The summed E-state index contributed by atoms with van der Waals surface area (Å²) in [5.41, 5.74) is 2.83. The van der Waals surface area contributed by atoms with Gasteiger partial charge in [0.25, 0.3) is 5.56 Å². The van der Waals surface area contributed by atoms with Crippen LogP contribution in [0, 0.1) is 13.8 Å². The second kappa shape index (κ2) is 4.96. The molecule has 3 aromatic heterocycles. The van der Waals surface area contributed by atoms with Gasteiger partial charge >= 0.3 is 0 Å². The average molecular weight is 289 g/mol. The van der Waals surface area contributed by atoms with Gasteiger partial charge in [-0.15, -0.1) is 11.3 Å². The molecule has 0 fully saturated rings. The molecule has 0 aliphatic rings. The van der Waals surface area contributed by atoms with Crippen molar-refractivity contribution in [2.45, 2.75) is 20.4 Å². The summed E-state index contributed by atoms with van der Waals surface area (Å²) in [6.07, 6.45) is 1.59. The molecule has 0 N–H and O–H groups in total.